The first-order valence-corrected chi connectivity index (χ1v) is 10.2. The zero-order chi connectivity index (χ0) is 20.0. The van der Waals surface area contributed by atoms with Gasteiger partial charge in [0, 0.05) is 58.3 Å². The molecule has 0 unspecified atom stereocenters. The number of rotatable bonds is 4. The van der Waals surface area contributed by atoms with Gasteiger partial charge >= 0.3 is 0 Å². The zero-order valence-electron chi connectivity index (χ0n) is 16.9. The minimum absolute atomic E-state index is 0.124. The molecule has 0 saturated carbocycles. The molecule has 2 aliphatic heterocycles. The molecule has 2 heterocycles. The Kier molecular flexibility index (Phi) is 6.88. The molecule has 7 heteroatoms. The number of hydrogen-bond donors (Lipinski definition) is 1. The largest absolute Gasteiger partial charge is 0.381 e. The van der Waals surface area contributed by atoms with Gasteiger partial charge in [-0.05, 0) is 37.5 Å². The average molecular weight is 391 g/mol. The molecule has 0 aromatic heterocycles. The highest BCUT2D eigenvalue weighted by atomic mass is 19.1. The van der Waals surface area contributed by atoms with Crippen LogP contribution in [0.3, 0.4) is 0 Å². The molecular formula is C21H31FN4O2. The van der Waals surface area contributed by atoms with Crippen molar-refractivity contribution in [2.75, 3.05) is 52.5 Å². The summed E-state index contributed by atoms with van der Waals surface area (Å²) in [5.41, 5.74) is 0.992. The van der Waals surface area contributed by atoms with E-state index in [2.05, 4.69) is 17.1 Å². The third kappa shape index (κ3) is 4.82. The quantitative estimate of drug-likeness (QED) is 0.631. The Morgan fingerprint density at radius 2 is 1.75 bits per heavy atom. The van der Waals surface area contributed by atoms with Gasteiger partial charge in [0.25, 0.3) is 0 Å². The van der Waals surface area contributed by atoms with Crippen LogP contribution in [0.1, 0.15) is 32.3 Å². The van der Waals surface area contributed by atoms with E-state index in [1.165, 1.54) is 12.1 Å². The molecular weight excluding hydrogens is 359 g/mol. The minimum Gasteiger partial charge on any atom is -0.381 e. The lowest BCUT2D eigenvalue weighted by molar-refractivity contribution is -0.130. The first-order valence-electron chi connectivity index (χ1n) is 10.2. The van der Waals surface area contributed by atoms with Gasteiger partial charge in [-0.25, -0.2) is 4.39 Å². The molecule has 28 heavy (non-hydrogen) atoms. The Labute approximate surface area is 166 Å². The number of halogens is 1. The second-order valence-electron chi connectivity index (χ2n) is 7.56. The van der Waals surface area contributed by atoms with Crippen LogP contribution in [0.4, 0.5) is 4.39 Å². The summed E-state index contributed by atoms with van der Waals surface area (Å²) in [4.78, 5) is 20.7. The second kappa shape index (κ2) is 9.37. The number of aliphatic imine (C=N–C) groups is 1. The first kappa shape index (κ1) is 20.6. The third-order valence-corrected chi connectivity index (χ3v) is 5.80. The molecule has 3 rings (SSSR count). The van der Waals surface area contributed by atoms with E-state index in [9.17, 15) is 9.18 Å². The number of carbonyl (C=O) groups is 1. The van der Waals surface area contributed by atoms with Gasteiger partial charge in [0.1, 0.15) is 5.82 Å². The van der Waals surface area contributed by atoms with Crippen LogP contribution in [0.25, 0.3) is 0 Å². The summed E-state index contributed by atoms with van der Waals surface area (Å²) in [5, 5.41) is 3.40. The SMILES string of the molecule is CCNC(=NCC1(c2ccc(F)cc2)CCOCC1)N1CCN(C(C)=O)CC1. The third-order valence-electron chi connectivity index (χ3n) is 5.80. The Bertz CT molecular complexity index is 678. The number of guanidine groups is 1. The van der Waals surface area contributed by atoms with Crippen LogP contribution in [0.5, 0.6) is 0 Å². The zero-order valence-corrected chi connectivity index (χ0v) is 16.9. The van der Waals surface area contributed by atoms with Crippen molar-refractivity contribution in [1.29, 1.82) is 0 Å². The summed E-state index contributed by atoms with van der Waals surface area (Å²) in [7, 11) is 0. The van der Waals surface area contributed by atoms with Crippen molar-refractivity contribution in [3.8, 4) is 0 Å². The smallest absolute Gasteiger partial charge is 0.219 e. The predicted octanol–water partition coefficient (Wildman–Crippen LogP) is 2.00. The maximum atomic E-state index is 13.4. The number of ether oxygens (including phenoxy) is 1. The standard InChI is InChI=1S/C21H31FN4O2/c1-3-23-20(26-12-10-25(11-13-26)17(2)27)24-16-21(8-14-28-15-9-21)18-4-6-19(22)7-5-18/h4-7H,3,8-16H2,1-2H3,(H,23,24). The van der Waals surface area contributed by atoms with Gasteiger partial charge < -0.3 is 19.9 Å². The fourth-order valence-corrected chi connectivity index (χ4v) is 3.99. The summed E-state index contributed by atoms with van der Waals surface area (Å²) in [6, 6.07) is 6.83. The van der Waals surface area contributed by atoms with Gasteiger partial charge in [0.15, 0.2) is 5.96 Å². The number of nitrogens with zero attached hydrogens (tertiary/aromatic N) is 3. The van der Waals surface area contributed by atoms with Crippen molar-refractivity contribution in [1.82, 2.24) is 15.1 Å². The summed E-state index contributed by atoms with van der Waals surface area (Å²) < 4.78 is 19.0. The lowest BCUT2D eigenvalue weighted by Crippen LogP contribution is -2.53. The topological polar surface area (TPSA) is 57.2 Å². The molecule has 0 bridgehead atoms. The van der Waals surface area contributed by atoms with Crippen LogP contribution in [0, 0.1) is 5.82 Å². The highest BCUT2D eigenvalue weighted by molar-refractivity contribution is 5.80. The molecule has 1 aromatic carbocycles. The fourth-order valence-electron chi connectivity index (χ4n) is 3.99. The molecule has 6 nitrogen and oxygen atoms in total. The molecule has 0 radical (unpaired) electrons. The molecule has 2 saturated heterocycles. The van der Waals surface area contributed by atoms with E-state index in [1.807, 2.05) is 17.0 Å². The van der Waals surface area contributed by atoms with Crippen molar-refractivity contribution < 1.29 is 13.9 Å². The van der Waals surface area contributed by atoms with Crippen LogP contribution in [-0.4, -0.2) is 74.1 Å². The summed E-state index contributed by atoms with van der Waals surface area (Å²) in [6.45, 7) is 9.48. The monoisotopic (exact) mass is 390 g/mol. The van der Waals surface area contributed by atoms with Crippen LogP contribution in [0.15, 0.2) is 29.3 Å². The maximum Gasteiger partial charge on any atom is 0.219 e. The van der Waals surface area contributed by atoms with Crippen LogP contribution in [0.2, 0.25) is 0 Å². The molecule has 1 aromatic rings. The number of carbonyl (C=O) groups excluding carboxylic acids is 1. The molecule has 2 aliphatic rings. The summed E-state index contributed by atoms with van der Waals surface area (Å²) >= 11 is 0. The number of nitrogens with one attached hydrogen (secondary N) is 1. The lowest BCUT2D eigenvalue weighted by Gasteiger charge is -2.38. The lowest BCUT2D eigenvalue weighted by atomic mass is 9.74. The van der Waals surface area contributed by atoms with Gasteiger partial charge in [-0.15, -0.1) is 0 Å². The molecule has 0 atom stereocenters. The number of piperazine rings is 1. The van der Waals surface area contributed by atoms with Crippen LogP contribution >= 0.6 is 0 Å². The van der Waals surface area contributed by atoms with Gasteiger partial charge in [-0.3, -0.25) is 9.79 Å². The van der Waals surface area contributed by atoms with Gasteiger partial charge in [-0.2, -0.15) is 0 Å². The van der Waals surface area contributed by atoms with E-state index in [-0.39, 0.29) is 17.1 Å². The van der Waals surface area contributed by atoms with Gasteiger partial charge in [0.2, 0.25) is 5.91 Å². The highest BCUT2D eigenvalue weighted by Crippen LogP contribution is 2.35. The predicted molar refractivity (Wildman–Crippen MR) is 108 cm³/mol. The van der Waals surface area contributed by atoms with Crippen molar-refractivity contribution >= 4 is 11.9 Å². The summed E-state index contributed by atoms with van der Waals surface area (Å²) in [5.74, 6) is 0.795. The van der Waals surface area contributed by atoms with E-state index in [4.69, 9.17) is 9.73 Å². The second-order valence-corrected chi connectivity index (χ2v) is 7.56. The van der Waals surface area contributed by atoms with Crippen molar-refractivity contribution in [3.05, 3.63) is 35.6 Å². The Morgan fingerprint density at radius 3 is 2.32 bits per heavy atom. The van der Waals surface area contributed by atoms with Crippen LogP contribution < -0.4 is 5.32 Å². The van der Waals surface area contributed by atoms with E-state index < -0.39 is 0 Å². The molecule has 154 valence electrons. The van der Waals surface area contributed by atoms with Crippen molar-refractivity contribution in [2.24, 2.45) is 4.99 Å². The Balaban J connectivity index is 1.77. The Morgan fingerprint density at radius 1 is 1.14 bits per heavy atom. The molecule has 1 N–H and O–H groups in total. The maximum absolute atomic E-state index is 13.4. The minimum atomic E-state index is -0.217. The normalized spacial score (nSPS) is 20.2. The van der Waals surface area contributed by atoms with Gasteiger partial charge in [0.05, 0.1) is 6.54 Å². The van der Waals surface area contributed by atoms with E-state index >= 15 is 0 Å². The molecule has 1 amide bonds. The van der Waals surface area contributed by atoms with E-state index in [1.54, 1.807) is 6.92 Å². The van der Waals surface area contributed by atoms with Crippen molar-refractivity contribution in [2.45, 2.75) is 32.1 Å². The van der Waals surface area contributed by atoms with Crippen molar-refractivity contribution in [3.63, 3.8) is 0 Å². The summed E-state index contributed by atoms with van der Waals surface area (Å²) in [6.07, 6.45) is 1.75. The fraction of sp³-hybridized carbons (Fsp3) is 0.619. The van der Waals surface area contributed by atoms with E-state index in [0.717, 1.165) is 57.1 Å². The highest BCUT2D eigenvalue weighted by Gasteiger charge is 2.35. The van der Waals surface area contributed by atoms with Crippen LogP contribution in [-0.2, 0) is 14.9 Å². The number of benzene rings is 1. The number of amides is 1. The number of hydrogen-bond acceptors (Lipinski definition) is 3. The Hall–Kier alpha value is -2.15. The average Bonchev–Trinajstić information content (AvgIpc) is 2.72. The molecule has 2 fully saturated rings. The molecule has 0 spiro atoms. The van der Waals surface area contributed by atoms with E-state index in [0.29, 0.717) is 19.8 Å². The molecule has 0 aliphatic carbocycles. The first-order chi connectivity index (χ1) is 13.5. The van der Waals surface area contributed by atoms with Gasteiger partial charge in [-0.1, -0.05) is 12.1 Å².